The van der Waals surface area contributed by atoms with Crippen molar-refractivity contribution in [3.63, 3.8) is 0 Å². The highest BCUT2D eigenvalue weighted by atomic mass is 32.2. The number of nitrogens with one attached hydrogen (secondary N) is 1. The van der Waals surface area contributed by atoms with E-state index >= 15 is 0 Å². The molecule has 1 saturated heterocycles. The van der Waals surface area contributed by atoms with Crippen LogP contribution < -0.4 is 5.32 Å². The van der Waals surface area contributed by atoms with Crippen LogP contribution in [0.3, 0.4) is 0 Å². The molecule has 0 unspecified atom stereocenters. The summed E-state index contributed by atoms with van der Waals surface area (Å²) in [5.74, 6) is -1.67. The second kappa shape index (κ2) is 8.76. The second-order valence-corrected chi connectivity index (χ2v) is 9.45. The number of hydrogen-bond donors (Lipinski definition) is 1. The zero-order chi connectivity index (χ0) is 21.1. The van der Waals surface area contributed by atoms with Crippen LogP contribution in [-0.2, 0) is 10.0 Å². The number of nitrogens with zero attached hydrogens (tertiary/aromatic N) is 1. The predicted octanol–water partition coefficient (Wildman–Crippen LogP) is 4.38. The Labute approximate surface area is 171 Å². The summed E-state index contributed by atoms with van der Waals surface area (Å²) in [4.78, 5) is 12.9. The van der Waals surface area contributed by atoms with Gasteiger partial charge in [-0.25, -0.2) is 8.42 Å². The summed E-state index contributed by atoms with van der Waals surface area (Å²) in [6, 6.07) is 11.8. The molecular formula is C19H19F3N2O3S2. The number of hydrogen-bond acceptors (Lipinski definition) is 4. The lowest BCUT2D eigenvalue weighted by atomic mass is 10.2. The zero-order valence-corrected chi connectivity index (χ0v) is 16.9. The summed E-state index contributed by atoms with van der Waals surface area (Å²) in [6.45, 7) is 0.894. The van der Waals surface area contributed by atoms with Crippen LogP contribution in [0.25, 0.3) is 0 Å². The lowest BCUT2D eigenvalue weighted by Gasteiger charge is -2.16. The molecule has 0 aromatic heterocycles. The van der Waals surface area contributed by atoms with Crippen molar-refractivity contribution < 1.29 is 26.4 Å². The number of para-hydroxylation sites is 1. The molecule has 156 valence electrons. The van der Waals surface area contributed by atoms with Gasteiger partial charge in [0.15, 0.2) is 0 Å². The van der Waals surface area contributed by atoms with E-state index in [9.17, 15) is 26.4 Å². The van der Waals surface area contributed by atoms with Crippen LogP contribution in [0.4, 0.5) is 18.9 Å². The molecule has 1 amide bonds. The van der Waals surface area contributed by atoms with E-state index in [0.29, 0.717) is 24.9 Å². The number of rotatable bonds is 6. The number of thioether (sulfide) groups is 1. The molecule has 5 nitrogen and oxygen atoms in total. The molecule has 0 atom stereocenters. The monoisotopic (exact) mass is 444 g/mol. The first-order valence-corrected chi connectivity index (χ1v) is 11.3. The summed E-state index contributed by atoms with van der Waals surface area (Å²) in [7, 11) is -3.68. The Balaban J connectivity index is 1.79. The van der Waals surface area contributed by atoms with Crippen molar-refractivity contribution in [1.29, 1.82) is 0 Å². The molecule has 1 N–H and O–H groups in total. The Kier molecular flexibility index (Phi) is 6.55. The minimum atomic E-state index is -4.33. The lowest BCUT2D eigenvalue weighted by Crippen LogP contribution is -2.28. The summed E-state index contributed by atoms with van der Waals surface area (Å²) < 4.78 is 64.3. The van der Waals surface area contributed by atoms with Crippen molar-refractivity contribution in [1.82, 2.24) is 4.31 Å². The van der Waals surface area contributed by atoms with Gasteiger partial charge in [0.1, 0.15) is 0 Å². The number of anilines is 1. The van der Waals surface area contributed by atoms with E-state index in [0.717, 1.165) is 12.8 Å². The maximum atomic E-state index is 12.7. The number of benzene rings is 2. The van der Waals surface area contributed by atoms with Crippen LogP contribution >= 0.6 is 11.8 Å². The number of halogens is 3. The maximum Gasteiger partial charge on any atom is 0.398 e. The van der Waals surface area contributed by atoms with Gasteiger partial charge in [-0.05, 0) is 43.2 Å². The molecule has 2 aromatic carbocycles. The third-order valence-corrected chi connectivity index (χ3v) is 7.36. The Hall–Kier alpha value is -2.04. The topological polar surface area (TPSA) is 66.5 Å². The summed E-state index contributed by atoms with van der Waals surface area (Å²) in [6.07, 6.45) is -2.74. The average molecular weight is 445 g/mol. The molecule has 0 radical (unpaired) electrons. The average Bonchev–Trinajstić information content (AvgIpc) is 3.22. The summed E-state index contributed by atoms with van der Waals surface area (Å²) in [5, 5.41) is 2.58. The largest absolute Gasteiger partial charge is 0.398 e. The number of carbonyl (C=O) groups excluding carboxylic acids is 1. The lowest BCUT2D eigenvalue weighted by molar-refractivity contribution is -0.105. The Morgan fingerprint density at radius 1 is 1.07 bits per heavy atom. The van der Waals surface area contributed by atoms with Crippen molar-refractivity contribution >= 4 is 33.4 Å². The maximum absolute atomic E-state index is 12.7. The first kappa shape index (κ1) is 21.7. The quantitative estimate of drug-likeness (QED) is 0.672. The van der Waals surface area contributed by atoms with Gasteiger partial charge in [0.25, 0.3) is 5.91 Å². The predicted molar refractivity (Wildman–Crippen MR) is 106 cm³/mol. The Bertz CT molecular complexity index is 988. The van der Waals surface area contributed by atoms with Crippen molar-refractivity contribution in [3.8, 4) is 0 Å². The highest BCUT2D eigenvalue weighted by Crippen LogP contribution is 2.32. The summed E-state index contributed by atoms with van der Waals surface area (Å²) in [5.41, 5.74) is 0.348. The van der Waals surface area contributed by atoms with E-state index in [1.807, 2.05) is 0 Å². The normalized spacial score (nSPS) is 15.4. The smallest absolute Gasteiger partial charge is 0.321 e. The molecule has 0 aliphatic carbocycles. The molecule has 29 heavy (non-hydrogen) atoms. The SMILES string of the molecule is O=C(Nc1ccccc1SCC(F)(F)F)c1cccc(S(=O)(=O)N2CCCC2)c1. The first-order valence-electron chi connectivity index (χ1n) is 8.87. The van der Waals surface area contributed by atoms with E-state index in [4.69, 9.17) is 0 Å². The molecule has 10 heteroatoms. The van der Waals surface area contributed by atoms with Gasteiger partial charge in [-0.2, -0.15) is 17.5 Å². The molecule has 0 spiro atoms. The van der Waals surface area contributed by atoms with Gasteiger partial charge in [-0.3, -0.25) is 4.79 Å². The first-order chi connectivity index (χ1) is 13.7. The molecule has 1 heterocycles. The van der Waals surface area contributed by atoms with E-state index in [-0.39, 0.29) is 21.0 Å². The highest BCUT2D eigenvalue weighted by molar-refractivity contribution is 7.99. The zero-order valence-electron chi connectivity index (χ0n) is 15.3. The summed E-state index contributed by atoms with van der Waals surface area (Å²) >= 11 is 0.573. The Morgan fingerprint density at radius 3 is 2.45 bits per heavy atom. The number of alkyl halides is 3. The fourth-order valence-electron chi connectivity index (χ4n) is 2.93. The van der Waals surface area contributed by atoms with E-state index in [1.165, 1.54) is 40.7 Å². The third kappa shape index (κ3) is 5.52. The molecule has 1 aliphatic heterocycles. The van der Waals surface area contributed by atoms with Gasteiger partial charge in [0.2, 0.25) is 10.0 Å². The number of amides is 1. The van der Waals surface area contributed by atoms with Crippen LogP contribution in [0.2, 0.25) is 0 Å². The van der Waals surface area contributed by atoms with Crippen LogP contribution in [0.1, 0.15) is 23.2 Å². The number of carbonyl (C=O) groups is 1. The Morgan fingerprint density at radius 2 is 1.76 bits per heavy atom. The van der Waals surface area contributed by atoms with E-state index in [1.54, 1.807) is 12.1 Å². The number of sulfonamides is 1. The van der Waals surface area contributed by atoms with Crippen molar-refractivity contribution in [2.45, 2.75) is 28.8 Å². The van der Waals surface area contributed by atoms with Gasteiger partial charge in [0, 0.05) is 23.5 Å². The van der Waals surface area contributed by atoms with Crippen molar-refractivity contribution in [2.24, 2.45) is 0 Å². The van der Waals surface area contributed by atoms with Crippen LogP contribution in [0.15, 0.2) is 58.3 Å². The van der Waals surface area contributed by atoms with Gasteiger partial charge in [-0.15, -0.1) is 11.8 Å². The molecule has 0 saturated carbocycles. The highest BCUT2D eigenvalue weighted by Gasteiger charge is 2.29. The van der Waals surface area contributed by atoms with Crippen LogP contribution in [0.5, 0.6) is 0 Å². The second-order valence-electron chi connectivity index (χ2n) is 6.49. The molecule has 0 bridgehead atoms. The third-order valence-electron chi connectivity index (χ3n) is 4.33. The van der Waals surface area contributed by atoms with Crippen LogP contribution in [-0.4, -0.2) is 43.6 Å². The fourth-order valence-corrected chi connectivity index (χ4v) is 5.26. The fraction of sp³-hybridized carbons (Fsp3) is 0.316. The van der Waals surface area contributed by atoms with Crippen molar-refractivity contribution in [3.05, 3.63) is 54.1 Å². The molecule has 2 aromatic rings. The molecule has 3 rings (SSSR count). The van der Waals surface area contributed by atoms with Gasteiger partial charge >= 0.3 is 6.18 Å². The van der Waals surface area contributed by atoms with Crippen LogP contribution in [0, 0.1) is 0 Å². The minimum Gasteiger partial charge on any atom is -0.321 e. The van der Waals surface area contributed by atoms with E-state index in [2.05, 4.69) is 5.32 Å². The molecule has 1 aliphatic rings. The molecule has 1 fully saturated rings. The molecular weight excluding hydrogens is 425 g/mol. The van der Waals surface area contributed by atoms with Gasteiger partial charge in [-0.1, -0.05) is 18.2 Å². The van der Waals surface area contributed by atoms with Crippen molar-refractivity contribution in [2.75, 3.05) is 24.2 Å². The van der Waals surface area contributed by atoms with Gasteiger partial charge < -0.3 is 5.32 Å². The standard InChI is InChI=1S/C19H19F3N2O3S2/c20-19(21,22)13-28-17-9-2-1-8-16(17)23-18(25)14-6-5-7-15(12-14)29(26,27)24-10-3-4-11-24/h1-2,5-9,12H,3-4,10-11,13H2,(H,23,25). The minimum absolute atomic E-state index is 0.0202. The van der Waals surface area contributed by atoms with Gasteiger partial charge in [0.05, 0.1) is 16.3 Å². The van der Waals surface area contributed by atoms with E-state index < -0.39 is 27.9 Å².